The van der Waals surface area contributed by atoms with Gasteiger partial charge in [-0.2, -0.15) is 4.98 Å². The van der Waals surface area contributed by atoms with E-state index in [2.05, 4.69) is 22.0 Å². The van der Waals surface area contributed by atoms with Gasteiger partial charge in [-0.25, -0.2) is 9.50 Å². The molecule has 1 aliphatic rings. The predicted molar refractivity (Wildman–Crippen MR) is 102 cm³/mol. The van der Waals surface area contributed by atoms with Crippen molar-refractivity contribution in [1.82, 2.24) is 24.5 Å². The van der Waals surface area contributed by atoms with E-state index in [0.717, 1.165) is 37.2 Å². The highest BCUT2D eigenvalue weighted by molar-refractivity contribution is 7.98. The first-order valence-electron chi connectivity index (χ1n) is 9.09. The Morgan fingerprint density at radius 2 is 1.93 bits per heavy atom. The van der Waals surface area contributed by atoms with Gasteiger partial charge in [0.05, 0.1) is 6.42 Å². The molecule has 0 bridgehead atoms. The number of hydrogen-bond acceptors (Lipinski definition) is 7. The van der Waals surface area contributed by atoms with E-state index in [1.807, 2.05) is 20.1 Å². The quantitative estimate of drug-likeness (QED) is 0.567. The third-order valence-corrected chi connectivity index (χ3v) is 5.56. The van der Waals surface area contributed by atoms with Crippen LogP contribution in [0.25, 0.3) is 5.78 Å². The highest BCUT2D eigenvalue weighted by Crippen LogP contribution is 2.18. The Morgan fingerprint density at radius 3 is 2.59 bits per heavy atom. The van der Waals surface area contributed by atoms with E-state index in [4.69, 9.17) is 4.74 Å². The second kappa shape index (κ2) is 8.24. The molecular formula is C18H25N5O3S. The molecule has 27 heavy (non-hydrogen) atoms. The van der Waals surface area contributed by atoms with Gasteiger partial charge in [-0.15, -0.1) is 5.10 Å². The molecule has 8 nitrogen and oxygen atoms in total. The number of nitrogens with zero attached hydrogens (tertiary/aromatic N) is 5. The molecule has 2 aromatic rings. The molecule has 3 rings (SSSR count). The van der Waals surface area contributed by atoms with Crippen molar-refractivity contribution in [2.75, 3.05) is 26.0 Å². The van der Waals surface area contributed by atoms with Gasteiger partial charge in [0.1, 0.15) is 0 Å². The first kappa shape index (κ1) is 19.6. The molecule has 0 saturated carbocycles. The van der Waals surface area contributed by atoms with E-state index in [0.29, 0.717) is 22.5 Å². The molecule has 9 heteroatoms. The molecule has 0 radical (unpaired) electrons. The second-order valence-corrected chi connectivity index (χ2v) is 7.75. The Hall–Kier alpha value is -2.16. The topological polar surface area (TPSA) is 89.7 Å². The maximum atomic E-state index is 12.3. The normalized spacial score (nSPS) is 15.3. The van der Waals surface area contributed by atoms with Crippen molar-refractivity contribution in [3.63, 3.8) is 0 Å². The number of aromatic nitrogens is 4. The average molecular weight is 391 g/mol. The van der Waals surface area contributed by atoms with E-state index in [1.54, 1.807) is 9.42 Å². The summed E-state index contributed by atoms with van der Waals surface area (Å²) in [6.45, 7) is 7.17. The summed E-state index contributed by atoms with van der Waals surface area (Å²) in [5, 5.41) is 5.01. The van der Waals surface area contributed by atoms with Crippen LogP contribution in [0.15, 0.2) is 5.16 Å². The van der Waals surface area contributed by atoms with Crippen molar-refractivity contribution >= 4 is 29.4 Å². The summed E-state index contributed by atoms with van der Waals surface area (Å²) in [7, 11) is 0. The molecule has 1 fully saturated rings. The predicted octanol–water partition coefficient (Wildman–Crippen LogP) is 1.81. The number of rotatable bonds is 5. The fraction of sp³-hybridized carbons (Fsp3) is 0.611. The van der Waals surface area contributed by atoms with Crippen LogP contribution in [0.1, 0.15) is 36.7 Å². The molecule has 1 aliphatic heterocycles. The number of ether oxygens (including phenoxy) is 1. The minimum Gasteiger partial charge on any atom is -0.455 e. The number of aryl methyl sites for hydroxylation is 2. The van der Waals surface area contributed by atoms with Gasteiger partial charge >= 0.3 is 5.97 Å². The van der Waals surface area contributed by atoms with Gasteiger partial charge in [0.15, 0.2) is 6.61 Å². The number of carbonyl (C=O) groups excluding carboxylic acids is 2. The van der Waals surface area contributed by atoms with Gasteiger partial charge in [0, 0.05) is 30.0 Å². The lowest BCUT2D eigenvalue weighted by Gasteiger charge is -2.30. The zero-order chi connectivity index (χ0) is 19.6. The monoisotopic (exact) mass is 391 g/mol. The minimum absolute atomic E-state index is 0.0549. The van der Waals surface area contributed by atoms with Gasteiger partial charge in [0.25, 0.3) is 11.7 Å². The number of esters is 1. The third kappa shape index (κ3) is 4.40. The molecule has 3 heterocycles. The lowest BCUT2D eigenvalue weighted by molar-refractivity contribution is -0.152. The van der Waals surface area contributed by atoms with Crippen molar-refractivity contribution in [2.24, 2.45) is 5.92 Å². The van der Waals surface area contributed by atoms with Crippen LogP contribution in [-0.4, -0.2) is 62.3 Å². The number of thioether (sulfide) groups is 1. The van der Waals surface area contributed by atoms with Crippen molar-refractivity contribution < 1.29 is 14.3 Å². The molecular weight excluding hydrogens is 366 g/mol. The van der Waals surface area contributed by atoms with Crippen molar-refractivity contribution in [1.29, 1.82) is 0 Å². The number of likely N-dealkylation sites (tertiary alicyclic amines) is 1. The molecule has 0 aliphatic carbocycles. The Balaban J connectivity index is 1.63. The van der Waals surface area contributed by atoms with Crippen LogP contribution in [0.2, 0.25) is 0 Å². The van der Waals surface area contributed by atoms with E-state index in [-0.39, 0.29) is 18.9 Å². The molecule has 2 aromatic heterocycles. The van der Waals surface area contributed by atoms with Crippen molar-refractivity contribution in [3.8, 4) is 0 Å². The van der Waals surface area contributed by atoms with Crippen LogP contribution in [-0.2, 0) is 20.7 Å². The molecule has 0 aromatic carbocycles. The minimum atomic E-state index is -0.439. The summed E-state index contributed by atoms with van der Waals surface area (Å²) in [6.07, 6.45) is 3.95. The van der Waals surface area contributed by atoms with Gasteiger partial charge in [-0.1, -0.05) is 18.7 Å². The maximum absolute atomic E-state index is 12.3. The number of piperidine rings is 1. The van der Waals surface area contributed by atoms with Crippen LogP contribution < -0.4 is 0 Å². The smallest absolute Gasteiger partial charge is 0.310 e. The average Bonchev–Trinajstić information content (AvgIpc) is 3.07. The molecule has 146 valence electrons. The van der Waals surface area contributed by atoms with Gasteiger partial charge in [-0.05, 0) is 38.9 Å². The second-order valence-electron chi connectivity index (χ2n) is 6.97. The first-order chi connectivity index (χ1) is 12.9. The molecule has 0 atom stereocenters. The molecule has 1 saturated heterocycles. The summed E-state index contributed by atoms with van der Waals surface area (Å²) in [6, 6.07) is 0. The van der Waals surface area contributed by atoms with Crippen LogP contribution in [0.4, 0.5) is 0 Å². The van der Waals surface area contributed by atoms with Crippen LogP contribution in [0, 0.1) is 19.8 Å². The van der Waals surface area contributed by atoms with Crippen LogP contribution in [0.5, 0.6) is 0 Å². The zero-order valence-electron chi connectivity index (χ0n) is 16.2. The van der Waals surface area contributed by atoms with Crippen molar-refractivity contribution in [2.45, 2.75) is 45.2 Å². The molecule has 0 spiro atoms. The highest BCUT2D eigenvalue weighted by Gasteiger charge is 2.22. The van der Waals surface area contributed by atoms with Crippen LogP contribution in [0.3, 0.4) is 0 Å². The molecule has 1 amide bonds. The highest BCUT2D eigenvalue weighted by atomic mass is 32.2. The fourth-order valence-corrected chi connectivity index (χ4v) is 3.56. The zero-order valence-corrected chi connectivity index (χ0v) is 17.0. The number of carbonyl (C=O) groups is 2. The lowest BCUT2D eigenvalue weighted by Crippen LogP contribution is -2.40. The van der Waals surface area contributed by atoms with Gasteiger partial charge in [0.2, 0.25) is 5.16 Å². The SMILES string of the molecule is CSc1nc2nc(C)c(CC(=O)OCC(=O)N3CCC(C)CC3)c(C)n2n1. The van der Waals surface area contributed by atoms with Crippen molar-refractivity contribution in [3.05, 3.63) is 17.0 Å². The fourth-order valence-electron chi connectivity index (χ4n) is 3.22. The summed E-state index contributed by atoms with van der Waals surface area (Å²) < 4.78 is 6.87. The Morgan fingerprint density at radius 1 is 1.22 bits per heavy atom. The Kier molecular flexibility index (Phi) is 5.98. The largest absolute Gasteiger partial charge is 0.455 e. The summed E-state index contributed by atoms with van der Waals surface area (Å²) in [4.78, 5) is 35.0. The Bertz CT molecular complexity index is 858. The van der Waals surface area contributed by atoms with E-state index in [9.17, 15) is 9.59 Å². The summed E-state index contributed by atoms with van der Waals surface area (Å²) >= 11 is 1.44. The summed E-state index contributed by atoms with van der Waals surface area (Å²) in [5.41, 5.74) is 2.27. The van der Waals surface area contributed by atoms with Crippen LogP contribution >= 0.6 is 11.8 Å². The van der Waals surface area contributed by atoms with Gasteiger partial charge < -0.3 is 9.64 Å². The molecule has 0 unspecified atom stereocenters. The first-order valence-corrected chi connectivity index (χ1v) is 10.3. The lowest BCUT2D eigenvalue weighted by atomic mass is 9.99. The van der Waals surface area contributed by atoms with E-state index >= 15 is 0 Å². The van der Waals surface area contributed by atoms with Gasteiger partial charge in [-0.3, -0.25) is 9.59 Å². The number of hydrogen-bond donors (Lipinski definition) is 0. The Labute approximate surface area is 162 Å². The third-order valence-electron chi connectivity index (χ3n) is 5.03. The maximum Gasteiger partial charge on any atom is 0.310 e. The number of fused-ring (bicyclic) bond motifs is 1. The van der Waals surface area contributed by atoms with E-state index < -0.39 is 5.97 Å². The standard InChI is InChI=1S/C18H25N5O3S/c1-11-5-7-22(8-6-11)15(24)10-26-16(25)9-14-12(2)19-17-20-18(27-4)21-23(17)13(14)3/h11H,5-10H2,1-4H3. The number of amides is 1. The van der Waals surface area contributed by atoms with E-state index in [1.165, 1.54) is 11.8 Å². The summed E-state index contributed by atoms with van der Waals surface area (Å²) in [5.74, 6) is 0.596. The molecule has 0 N–H and O–H groups in total.